The van der Waals surface area contributed by atoms with Crippen molar-refractivity contribution in [2.45, 2.75) is 167 Å². The van der Waals surface area contributed by atoms with Gasteiger partial charge in [0.05, 0.1) is 47.5 Å². The van der Waals surface area contributed by atoms with Crippen LogP contribution in [-0.2, 0) is 27.9 Å². The SMILES string of the molecule is CCCCCCCCCCCCCCCCCCOCC(COP(=O)(O)OCCCCCCCCCC[N+](C)(C)C)OCC=O. The van der Waals surface area contributed by atoms with Crippen LogP contribution in [0.5, 0.6) is 0 Å². The molecule has 0 rings (SSSR count). The van der Waals surface area contributed by atoms with Gasteiger partial charge in [0.1, 0.15) is 19.0 Å². The lowest BCUT2D eigenvalue weighted by molar-refractivity contribution is -0.870. The third-order valence-electron chi connectivity index (χ3n) is 8.25. The van der Waals surface area contributed by atoms with Crippen molar-refractivity contribution >= 4 is 14.1 Å². The second-order valence-electron chi connectivity index (χ2n) is 13.9. The molecule has 1 N–H and O–H groups in total. The largest absolute Gasteiger partial charge is 0.472 e. The molecule has 0 bridgehead atoms. The van der Waals surface area contributed by atoms with Crippen molar-refractivity contribution in [1.82, 2.24) is 0 Å². The number of phosphoric ester groups is 1. The van der Waals surface area contributed by atoms with Crippen LogP contribution in [0, 0.1) is 0 Å². The standard InChI is InChI=1S/C36H74NO7P/c1-5-6-7-8-9-10-11-12-13-14-15-16-18-21-24-27-31-41-34-36(42-33-30-38)35-44-45(39,40)43-32-28-25-22-19-17-20-23-26-29-37(2,3)4/h30,36H,5-29,31-35H2,1-4H3/p+1. The number of unbranched alkanes of at least 4 members (excludes halogenated alkanes) is 22. The first-order valence-corrected chi connectivity index (χ1v) is 20.2. The Kier molecular flexibility index (Phi) is 32.0. The van der Waals surface area contributed by atoms with Crippen molar-refractivity contribution in [1.29, 1.82) is 0 Å². The van der Waals surface area contributed by atoms with Gasteiger partial charge in [-0.25, -0.2) is 4.57 Å². The first-order valence-electron chi connectivity index (χ1n) is 18.8. The van der Waals surface area contributed by atoms with E-state index >= 15 is 0 Å². The summed E-state index contributed by atoms with van der Waals surface area (Å²) < 4.78 is 34.8. The van der Waals surface area contributed by atoms with Crippen LogP contribution in [0.15, 0.2) is 0 Å². The van der Waals surface area contributed by atoms with E-state index in [0.717, 1.165) is 36.6 Å². The molecule has 45 heavy (non-hydrogen) atoms. The summed E-state index contributed by atoms with van der Waals surface area (Å²) in [6, 6.07) is 0. The molecule has 0 aromatic rings. The van der Waals surface area contributed by atoms with Crippen LogP contribution in [0.3, 0.4) is 0 Å². The van der Waals surface area contributed by atoms with Crippen molar-refractivity contribution < 1.29 is 37.3 Å². The van der Waals surface area contributed by atoms with E-state index in [9.17, 15) is 14.3 Å². The van der Waals surface area contributed by atoms with Crippen molar-refractivity contribution in [3.63, 3.8) is 0 Å². The number of phosphoric acid groups is 1. The minimum atomic E-state index is -4.17. The van der Waals surface area contributed by atoms with Crippen LogP contribution < -0.4 is 0 Å². The Balaban J connectivity index is 3.72. The van der Waals surface area contributed by atoms with E-state index in [1.54, 1.807) is 0 Å². The molecule has 0 amide bonds. The van der Waals surface area contributed by atoms with Gasteiger partial charge in [-0.05, 0) is 25.7 Å². The molecule has 9 heteroatoms. The van der Waals surface area contributed by atoms with Gasteiger partial charge in [-0.2, -0.15) is 0 Å². The van der Waals surface area contributed by atoms with Gasteiger partial charge in [0.25, 0.3) is 0 Å². The van der Waals surface area contributed by atoms with Crippen LogP contribution in [0.4, 0.5) is 0 Å². The third-order valence-corrected chi connectivity index (χ3v) is 9.23. The Bertz CT molecular complexity index is 674. The predicted octanol–water partition coefficient (Wildman–Crippen LogP) is 9.81. The highest BCUT2D eigenvalue weighted by molar-refractivity contribution is 7.47. The van der Waals surface area contributed by atoms with Gasteiger partial charge in [-0.3, -0.25) is 9.05 Å². The lowest BCUT2D eigenvalue weighted by Gasteiger charge is -2.23. The van der Waals surface area contributed by atoms with E-state index in [-0.39, 0.29) is 26.4 Å². The number of hydrogen-bond donors (Lipinski definition) is 1. The van der Waals surface area contributed by atoms with Crippen LogP contribution in [0.2, 0.25) is 0 Å². The second kappa shape index (κ2) is 32.2. The van der Waals surface area contributed by atoms with Crippen molar-refractivity contribution in [2.75, 3.05) is 60.7 Å². The zero-order valence-electron chi connectivity index (χ0n) is 30.2. The number of hydrogen-bond acceptors (Lipinski definition) is 6. The highest BCUT2D eigenvalue weighted by Crippen LogP contribution is 2.43. The van der Waals surface area contributed by atoms with Gasteiger partial charge in [-0.15, -0.1) is 0 Å². The average molecular weight is 665 g/mol. The lowest BCUT2D eigenvalue weighted by Crippen LogP contribution is -2.35. The first-order chi connectivity index (χ1) is 21.7. The quantitative estimate of drug-likeness (QED) is 0.0306. The molecule has 270 valence electrons. The van der Waals surface area contributed by atoms with Crippen molar-refractivity contribution in [3.8, 4) is 0 Å². The predicted molar refractivity (Wildman–Crippen MR) is 188 cm³/mol. The lowest BCUT2D eigenvalue weighted by atomic mass is 10.0. The van der Waals surface area contributed by atoms with Gasteiger partial charge in [0, 0.05) is 6.61 Å². The van der Waals surface area contributed by atoms with E-state index in [0.29, 0.717) is 12.9 Å². The zero-order valence-corrected chi connectivity index (χ0v) is 31.1. The third kappa shape index (κ3) is 36.3. The molecular weight excluding hydrogens is 589 g/mol. The van der Waals surface area contributed by atoms with Crippen molar-refractivity contribution in [2.24, 2.45) is 0 Å². The number of aldehydes is 1. The smallest absolute Gasteiger partial charge is 0.379 e. The van der Waals surface area contributed by atoms with E-state index < -0.39 is 13.9 Å². The number of carbonyl (C=O) groups excluding carboxylic acids is 1. The molecule has 0 heterocycles. The zero-order chi connectivity index (χ0) is 33.3. The van der Waals surface area contributed by atoms with Gasteiger partial charge < -0.3 is 23.6 Å². The Morgan fingerprint density at radius 2 is 1.02 bits per heavy atom. The number of quaternary nitrogens is 1. The summed E-state index contributed by atoms with van der Waals surface area (Å²) in [6.07, 6.45) is 30.3. The highest BCUT2D eigenvalue weighted by Gasteiger charge is 2.23. The second-order valence-corrected chi connectivity index (χ2v) is 15.4. The van der Waals surface area contributed by atoms with E-state index in [1.807, 2.05) is 0 Å². The minimum Gasteiger partial charge on any atom is -0.379 e. The number of carbonyl (C=O) groups is 1. The minimum absolute atomic E-state index is 0.108. The Morgan fingerprint density at radius 3 is 1.47 bits per heavy atom. The molecule has 0 saturated heterocycles. The van der Waals surface area contributed by atoms with Crippen LogP contribution in [0.25, 0.3) is 0 Å². The van der Waals surface area contributed by atoms with Crippen LogP contribution in [0.1, 0.15) is 161 Å². The van der Waals surface area contributed by atoms with Gasteiger partial charge in [0.15, 0.2) is 0 Å². The Labute approximate surface area is 278 Å². The molecule has 0 aromatic heterocycles. The Hall–Kier alpha value is -0.340. The van der Waals surface area contributed by atoms with E-state index in [1.165, 1.54) is 129 Å². The van der Waals surface area contributed by atoms with Crippen LogP contribution in [-0.4, -0.2) is 82.5 Å². The summed E-state index contributed by atoms with van der Waals surface area (Å²) in [5.41, 5.74) is 0. The van der Waals surface area contributed by atoms with Gasteiger partial charge in [0.2, 0.25) is 0 Å². The van der Waals surface area contributed by atoms with Gasteiger partial charge in [-0.1, -0.05) is 135 Å². The summed E-state index contributed by atoms with van der Waals surface area (Å²) in [5, 5.41) is 0. The first kappa shape index (κ1) is 44.7. The highest BCUT2D eigenvalue weighted by atomic mass is 31.2. The average Bonchev–Trinajstić information content (AvgIpc) is 2.99. The Morgan fingerprint density at radius 1 is 0.600 bits per heavy atom. The molecule has 0 aliphatic heterocycles. The molecule has 2 unspecified atom stereocenters. The fourth-order valence-corrected chi connectivity index (χ4v) is 6.22. The molecule has 0 radical (unpaired) electrons. The number of nitrogens with zero attached hydrogens (tertiary/aromatic N) is 1. The molecule has 0 spiro atoms. The van der Waals surface area contributed by atoms with Gasteiger partial charge >= 0.3 is 7.82 Å². The summed E-state index contributed by atoms with van der Waals surface area (Å²) in [4.78, 5) is 20.8. The van der Waals surface area contributed by atoms with E-state index in [2.05, 4.69) is 28.1 Å². The monoisotopic (exact) mass is 665 g/mol. The number of rotatable bonds is 37. The molecule has 0 aromatic carbocycles. The fraction of sp³-hybridized carbons (Fsp3) is 0.972. The maximum atomic E-state index is 12.3. The van der Waals surface area contributed by atoms with Crippen LogP contribution >= 0.6 is 7.82 Å². The van der Waals surface area contributed by atoms with E-state index in [4.69, 9.17) is 18.5 Å². The molecule has 0 aliphatic carbocycles. The molecular formula is C36H75NO7P+. The van der Waals surface area contributed by atoms with Crippen molar-refractivity contribution in [3.05, 3.63) is 0 Å². The summed E-state index contributed by atoms with van der Waals surface area (Å²) >= 11 is 0. The number of ether oxygens (including phenoxy) is 2. The normalized spacial score (nSPS) is 14.1. The summed E-state index contributed by atoms with van der Waals surface area (Å²) in [5.74, 6) is 0. The summed E-state index contributed by atoms with van der Waals surface area (Å²) in [6.45, 7) is 4.22. The maximum absolute atomic E-state index is 12.3. The molecule has 0 fully saturated rings. The fourth-order valence-electron chi connectivity index (χ4n) is 5.43. The molecule has 0 aliphatic rings. The molecule has 8 nitrogen and oxygen atoms in total. The summed E-state index contributed by atoms with van der Waals surface area (Å²) in [7, 11) is 2.53. The maximum Gasteiger partial charge on any atom is 0.472 e. The topological polar surface area (TPSA) is 91.3 Å². The molecule has 0 saturated carbocycles. The molecule has 2 atom stereocenters.